The first-order valence-corrected chi connectivity index (χ1v) is 7.09. The Labute approximate surface area is 127 Å². The summed E-state index contributed by atoms with van der Waals surface area (Å²) in [6.45, 7) is 5.06. The maximum Gasteiger partial charge on any atom is 0.273 e. The minimum absolute atomic E-state index is 0.219. The predicted molar refractivity (Wildman–Crippen MR) is 80.1 cm³/mol. The molecular formula is C15H18N4O3. The fraction of sp³-hybridized carbons (Fsp3) is 0.267. The largest absolute Gasteiger partial charge is 0.461 e. The van der Waals surface area contributed by atoms with Crippen molar-refractivity contribution >= 4 is 5.91 Å². The fourth-order valence-corrected chi connectivity index (χ4v) is 1.72. The van der Waals surface area contributed by atoms with Crippen molar-refractivity contribution in [1.82, 2.24) is 20.3 Å². The summed E-state index contributed by atoms with van der Waals surface area (Å²) in [6, 6.07) is 6.85. The number of hydrogen-bond acceptors (Lipinski definition) is 5. The molecule has 0 unspecified atom stereocenters. The highest BCUT2D eigenvalue weighted by Gasteiger charge is 2.14. The van der Waals surface area contributed by atoms with Crippen LogP contribution in [0.5, 0.6) is 0 Å². The average molecular weight is 302 g/mol. The zero-order chi connectivity index (χ0) is 15.8. The van der Waals surface area contributed by atoms with Gasteiger partial charge >= 0.3 is 0 Å². The number of rotatable bonds is 5. The Morgan fingerprint density at radius 1 is 1.32 bits per heavy atom. The van der Waals surface area contributed by atoms with Gasteiger partial charge in [-0.3, -0.25) is 9.48 Å². The first-order valence-electron chi connectivity index (χ1n) is 7.09. The van der Waals surface area contributed by atoms with Gasteiger partial charge in [0.15, 0.2) is 11.5 Å². The van der Waals surface area contributed by atoms with Crippen molar-refractivity contribution in [1.29, 1.82) is 0 Å². The molecule has 0 atom stereocenters. The van der Waals surface area contributed by atoms with Crippen LogP contribution in [-0.4, -0.2) is 27.4 Å². The smallest absolute Gasteiger partial charge is 0.273 e. The van der Waals surface area contributed by atoms with Crippen LogP contribution in [-0.2, 0) is 6.54 Å². The lowest BCUT2D eigenvalue weighted by Gasteiger charge is -2.02. The zero-order valence-corrected chi connectivity index (χ0v) is 12.5. The Morgan fingerprint density at radius 2 is 2.18 bits per heavy atom. The molecule has 0 radical (unpaired) electrons. The van der Waals surface area contributed by atoms with E-state index in [1.54, 1.807) is 29.1 Å². The molecule has 3 rings (SSSR count). The van der Waals surface area contributed by atoms with E-state index in [1.807, 2.05) is 26.1 Å². The molecule has 22 heavy (non-hydrogen) atoms. The van der Waals surface area contributed by atoms with Gasteiger partial charge in [-0.2, -0.15) is 5.10 Å². The van der Waals surface area contributed by atoms with E-state index >= 15 is 0 Å². The number of amides is 1. The van der Waals surface area contributed by atoms with Crippen LogP contribution in [0.1, 0.15) is 24.3 Å². The van der Waals surface area contributed by atoms with Crippen LogP contribution in [0.4, 0.5) is 0 Å². The summed E-state index contributed by atoms with van der Waals surface area (Å²) < 4.78 is 12.0. The molecule has 0 spiro atoms. The molecule has 0 aliphatic rings. The molecule has 3 aromatic heterocycles. The van der Waals surface area contributed by atoms with Gasteiger partial charge in [-0.05, 0) is 18.2 Å². The molecular weight excluding hydrogens is 284 g/mol. The van der Waals surface area contributed by atoms with Gasteiger partial charge in [0.25, 0.3) is 5.91 Å². The number of hydrogen-bond donors (Lipinski definition) is 1. The monoisotopic (exact) mass is 302 g/mol. The third-order valence-corrected chi connectivity index (χ3v) is 2.69. The molecule has 0 aliphatic heterocycles. The first kappa shape index (κ1) is 15.6. The molecule has 1 amide bonds. The number of furan rings is 1. The summed E-state index contributed by atoms with van der Waals surface area (Å²) >= 11 is 0. The summed E-state index contributed by atoms with van der Waals surface area (Å²) in [5.74, 6) is 0.666. The Hall–Kier alpha value is -2.83. The lowest BCUT2D eigenvalue weighted by molar-refractivity contribution is 0.0943. The average Bonchev–Trinajstić information content (AvgIpc) is 3.30. The standard InChI is InChI=1S/C13H12N4O3.C2H6/c18-13(14-5-7-17-6-2-4-15-17)10-9-12(20-16-10)11-3-1-8-19-11;1-2/h1-4,6,8-9H,5,7H2,(H,14,18);1-2H3. The van der Waals surface area contributed by atoms with Crippen molar-refractivity contribution in [3.05, 3.63) is 48.6 Å². The molecule has 0 aromatic carbocycles. The van der Waals surface area contributed by atoms with E-state index in [-0.39, 0.29) is 11.6 Å². The molecule has 0 aliphatic carbocycles. The van der Waals surface area contributed by atoms with Crippen molar-refractivity contribution in [2.75, 3.05) is 6.54 Å². The van der Waals surface area contributed by atoms with Gasteiger partial charge in [0.05, 0.1) is 12.8 Å². The van der Waals surface area contributed by atoms with Crippen LogP contribution in [0.15, 0.2) is 51.9 Å². The van der Waals surface area contributed by atoms with Crippen molar-refractivity contribution in [2.24, 2.45) is 0 Å². The first-order chi connectivity index (χ1) is 10.8. The van der Waals surface area contributed by atoms with Gasteiger partial charge in [-0.25, -0.2) is 0 Å². The van der Waals surface area contributed by atoms with E-state index in [0.29, 0.717) is 24.6 Å². The summed E-state index contributed by atoms with van der Waals surface area (Å²) in [7, 11) is 0. The summed E-state index contributed by atoms with van der Waals surface area (Å²) in [5.41, 5.74) is 0.219. The third kappa shape index (κ3) is 3.85. The van der Waals surface area contributed by atoms with E-state index < -0.39 is 0 Å². The second kappa shape index (κ2) is 7.82. The second-order valence-corrected chi connectivity index (χ2v) is 4.08. The topological polar surface area (TPSA) is 86.1 Å². The number of carbonyl (C=O) groups excluding carboxylic acids is 1. The van der Waals surface area contributed by atoms with Gasteiger partial charge in [0, 0.05) is 25.0 Å². The van der Waals surface area contributed by atoms with Crippen LogP contribution in [0, 0.1) is 0 Å². The summed E-state index contributed by atoms with van der Waals surface area (Å²) in [4.78, 5) is 11.9. The van der Waals surface area contributed by atoms with Gasteiger partial charge < -0.3 is 14.3 Å². The van der Waals surface area contributed by atoms with Crippen molar-refractivity contribution in [3.63, 3.8) is 0 Å². The molecule has 0 saturated heterocycles. The number of carbonyl (C=O) groups is 1. The van der Waals surface area contributed by atoms with Crippen molar-refractivity contribution in [3.8, 4) is 11.5 Å². The van der Waals surface area contributed by atoms with Gasteiger partial charge in [0.1, 0.15) is 0 Å². The molecule has 116 valence electrons. The summed E-state index contributed by atoms with van der Waals surface area (Å²) in [6.07, 6.45) is 5.05. The molecule has 3 aromatic rings. The maximum atomic E-state index is 11.9. The van der Waals surface area contributed by atoms with E-state index in [9.17, 15) is 4.79 Å². The number of nitrogens with one attached hydrogen (secondary N) is 1. The fourth-order valence-electron chi connectivity index (χ4n) is 1.72. The Kier molecular flexibility index (Phi) is 5.53. The quantitative estimate of drug-likeness (QED) is 0.783. The number of nitrogens with zero attached hydrogens (tertiary/aromatic N) is 3. The van der Waals surface area contributed by atoms with Crippen LogP contribution >= 0.6 is 0 Å². The second-order valence-electron chi connectivity index (χ2n) is 4.08. The van der Waals surface area contributed by atoms with Crippen LogP contribution in [0.3, 0.4) is 0 Å². The van der Waals surface area contributed by atoms with Crippen LogP contribution < -0.4 is 5.32 Å². The van der Waals surface area contributed by atoms with E-state index in [1.165, 1.54) is 6.26 Å². The molecule has 1 N–H and O–H groups in total. The highest BCUT2D eigenvalue weighted by molar-refractivity contribution is 5.92. The van der Waals surface area contributed by atoms with Gasteiger partial charge in [0.2, 0.25) is 5.76 Å². The van der Waals surface area contributed by atoms with Gasteiger partial charge in [-0.15, -0.1) is 0 Å². The zero-order valence-electron chi connectivity index (χ0n) is 12.5. The van der Waals surface area contributed by atoms with Crippen molar-refractivity contribution < 1.29 is 13.7 Å². The molecule has 7 nitrogen and oxygen atoms in total. The molecule has 0 saturated carbocycles. The Morgan fingerprint density at radius 3 is 2.86 bits per heavy atom. The highest BCUT2D eigenvalue weighted by atomic mass is 16.5. The maximum absolute atomic E-state index is 11.9. The summed E-state index contributed by atoms with van der Waals surface area (Å²) in [5, 5.41) is 10.5. The van der Waals surface area contributed by atoms with E-state index in [0.717, 1.165) is 0 Å². The molecule has 0 bridgehead atoms. The minimum atomic E-state index is -0.293. The molecule has 7 heteroatoms. The third-order valence-electron chi connectivity index (χ3n) is 2.69. The van der Waals surface area contributed by atoms with E-state index in [4.69, 9.17) is 8.94 Å². The SMILES string of the molecule is CC.O=C(NCCn1cccn1)c1cc(-c2ccco2)on1. The highest BCUT2D eigenvalue weighted by Crippen LogP contribution is 2.20. The lowest BCUT2D eigenvalue weighted by Crippen LogP contribution is -2.27. The van der Waals surface area contributed by atoms with Crippen molar-refractivity contribution in [2.45, 2.75) is 20.4 Å². The predicted octanol–water partition coefficient (Wildman–Crippen LogP) is 2.59. The molecule has 0 fully saturated rings. The van der Waals surface area contributed by atoms with E-state index in [2.05, 4.69) is 15.6 Å². The Bertz CT molecular complexity index is 672. The normalized spacial score (nSPS) is 9.91. The van der Waals surface area contributed by atoms with Crippen LogP contribution in [0.2, 0.25) is 0 Å². The molecule has 3 heterocycles. The number of aromatic nitrogens is 3. The Balaban J connectivity index is 0.000000847. The lowest BCUT2D eigenvalue weighted by atomic mass is 10.3. The van der Waals surface area contributed by atoms with Crippen LogP contribution in [0.25, 0.3) is 11.5 Å². The minimum Gasteiger partial charge on any atom is -0.461 e. The van der Waals surface area contributed by atoms with Gasteiger partial charge in [-0.1, -0.05) is 19.0 Å².